The van der Waals surface area contributed by atoms with Gasteiger partial charge in [0, 0.05) is 44.6 Å². The second kappa shape index (κ2) is 5.05. The highest BCUT2D eigenvalue weighted by atomic mass is 16.5. The Morgan fingerprint density at radius 3 is 2.76 bits per heavy atom. The Morgan fingerprint density at radius 1 is 1.16 bits per heavy atom. The van der Waals surface area contributed by atoms with Gasteiger partial charge >= 0.3 is 0 Å². The number of nitrogens with one attached hydrogen (secondary N) is 2. The average Bonchev–Trinajstić information content (AvgIpc) is 3.16. The molecule has 1 saturated carbocycles. The van der Waals surface area contributed by atoms with Gasteiger partial charge < -0.3 is 15.0 Å². The van der Waals surface area contributed by atoms with Crippen molar-refractivity contribution in [3.8, 4) is 0 Å². The summed E-state index contributed by atoms with van der Waals surface area (Å²) in [4.78, 5) is 12.9. The molecule has 0 radical (unpaired) electrons. The minimum absolute atomic E-state index is 0.550. The van der Waals surface area contributed by atoms with Crippen LogP contribution in [0.15, 0.2) is 18.6 Å². The number of aromatic nitrogens is 4. The number of aromatic amines is 1. The van der Waals surface area contributed by atoms with Gasteiger partial charge in [-0.25, -0.2) is 9.97 Å². The first-order valence-corrected chi connectivity index (χ1v) is 9.45. The Labute approximate surface area is 146 Å². The molecule has 3 fully saturated rings. The Bertz CT molecular complexity index is 939. The van der Waals surface area contributed by atoms with E-state index in [1.165, 1.54) is 42.7 Å². The third kappa shape index (κ3) is 2.04. The Morgan fingerprint density at radius 2 is 2.00 bits per heavy atom. The summed E-state index contributed by atoms with van der Waals surface area (Å²) in [5.74, 6) is 1.16. The van der Waals surface area contributed by atoms with E-state index in [1.807, 2.05) is 6.20 Å². The zero-order chi connectivity index (χ0) is 16.4. The summed E-state index contributed by atoms with van der Waals surface area (Å²) >= 11 is 0. The van der Waals surface area contributed by atoms with Gasteiger partial charge in [0.15, 0.2) is 11.3 Å². The van der Waals surface area contributed by atoms with Crippen molar-refractivity contribution in [2.75, 3.05) is 26.3 Å². The number of ether oxygens (including phenoxy) is 1. The summed E-state index contributed by atoms with van der Waals surface area (Å²) in [6, 6.07) is 0. The Hall–Kier alpha value is -1.92. The molecule has 3 aliphatic rings. The first kappa shape index (κ1) is 14.3. The topological polar surface area (TPSA) is 67.2 Å². The number of imidazole rings is 1. The lowest BCUT2D eigenvalue weighted by atomic mass is 9.58. The quantitative estimate of drug-likeness (QED) is 0.754. The molecule has 2 aliphatic heterocycles. The van der Waals surface area contributed by atoms with Crippen LogP contribution in [0.4, 0.5) is 0 Å². The van der Waals surface area contributed by atoms with Gasteiger partial charge in [0.05, 0.1) is 17.4 Å². The molecule has 130 valence electrons. The number of nitrogens with zero attached hydrogens (tertiary/aromatic N) is 3. The van der Waals surface area contributed by atoms with Crippen LogP contribution >= 0.6 is 0 Å². The zero-order valence-corrected chi connectivity index (χ0v) is 14.3. The van der Waals surface area contributed by atoms with Gasteiger partial charge in [-0.15, -0.1) is 0 Å². The Balaban J connectivity index is 1.42. The van der Waals surface area contributed by atoms with Gasteiger partial charge in [-0.05, 0) is 42.6 Å². The van der Waals surface area contributed by atoms with Crippen LogP contribution in [0.25, 0.3) is 16.8 Å². The van der Waals surface area contributed by atoms with Crippen molar-refractivity contribution in [2.45, 2.75) is 37.5 Å². The van der Waals surface area contributed by atoms with Crippen LogP contribution in [0.5, 0.6) is 0 Å². The maximum absolute atomic E-state index is 5.54. The van der Waals surface area contributed by atoms with E-state index in [9.17, 15) is 0 Å². The van der Waals surface area contributed by atoms with E-state index >= 15 is 0 Å². The van der Waals surface area contributed by atoms with Crippen molar-refractivity contribution in [1.82, 2.24) is 24.7 Å². The van der Waals surface area contributed by atoms with Crippen molar-refractivity contribution in [1.29, 1.82) is 0 Å². The fraction of sp³-hybridized carbons (Fsp3) is 0.579. The lowest BCUT2D eigenvalue weighted by Crippen LogP contribution is -2.59. The molecule has 1 aliphatic carbocycles. The first-order valence-electron chi connectivity index (χ1n) is 9.45. The number of fused-ring (bicyclic) bond motifs is 3. The molecule has 0 bridgehead atoms. The van der Waals surface area contributed by atoms with Crippen molar-refractivity contribution in [3.63, 3.8) is 0 Å². The molecule has 1 spiro atoms. The van der Waals surface area contributed by atoms with E-state index in [1.54, 1.807) is 0 Å². The van der Waals surface area contributed by atoms with Crippen molar-refractivity contribution >= 4 is 16.8 Å². The summed E-state index contributed by atoms with van der Waals surface area (Å²) in [7, 11) is 0. The summed E-state index contributed by atoms with van der Waals surface area (Å²) in [5.41, 5.74) is 6.34. The molecule has 2 N–H and O–H groups in total. The van der Waals surface area contributed by atoms with Gasteiger partial charge in [0.2, 0.25) is 0 Å². The third-order valence-electron chi connectivity index (χ3n) is 6.60. The molecular formula is C19H23N5O. The van der Waals surface area contributed by atoms with E-state index < -0.39 is 0 Å². The fourth-order valence-corrected chi connectivity index (χ4v) is 5.06. The van der Waals surface area contributed by atoms with Crippen LogP contribution in [-0.2, 0) is 4.74 Å². The maximum atomic E-state index is 5.54. The first-order chi connectivity index (χ1) is 12.3. The van der Waals surface area contributed by atoms with Gasteiger partial charge in [0.25, 0.3) is 0 Å². The zero-order valence-electron chi connectivity index (χ0n) is 14.3. The molecule has 25 heavy (non-hydrogen) atoms. The van der Waals surface area contributed by atoms with Crippen LogP contribution in [0.1, 0.15) is 48.8 Å². The summed E-state index contributed by atoms with van der Waals surface area (Å²) in [6.07, 6.45) is 11.0. The van der Waals surface area contributed by atoms with E-state index in [0.717, 1.165) is 37.3 Å². The standard InChI is InChI=1S/C19H23N5O/c1-3-25-4-2-12(1)14-7-21-18-17(14)24-9-15(23-16(24)8-22-18)13-5-19(6-13)10-20-11-19/h7-9,12-13,20-21H,1-6,10-11H2. The monoisotopic (exact) mass is 337 g/mol. The van der Waals surface area contributed by atoms with Gasteiger partial charge in [0.1, 0.15) is 0 Å². The van der Waals surface area contributed by atoms with Gasteiger partial charge in [-0.2, -0.15) is 0 Å². The van der Waals surface area contributed by atoms with Crippen molar-refractivity contribution < 1.29 is 4.74 Å². The minimum atomic E-state index is 0.550. The molecule has 5 heterocycles. The molecule has 0 amide bonds. The largest absolute Gasteiger partial charge is 0.381 e. The Kier molecular flexibility index (Phi) is 2.88. The molecule has 3 aromatic heterocycles. The van der Waals surface area contributed by atoms with Crippen molar-refractivity contribution in [3.05, 3.63) is 29.8 Å². The van der Waals surface area contributed by atoms with Crippen LogP contribution < -0.4 is 5.32 Å². The van der Waals surface area contributed by atoms with Crippen LogP contribution in [-0.4, -0.2) is 45.7 Å². The predicted octanol–water partition coefficient (Wildman–Crippen LogP) is 2.57. The number of hydrogen-bond donors (Lipinski definition) is 2. The highest BCUT2D eigenvalue weighted by molar-refractivity contribution is 5.79. The van der Waals surface area contributed by atoms with E-state index in [-0.39, 0.29) is 0 Å². The molecule has 6 heteroatoms. The fourth-order valence-electron chi connectivity index (χ4n) is 5.06. The lowest BCUT2D eigenvalue weighted by molar-refractivity contribution is 0.0349. The predicted molar refractivity (Wildman–Crippen MR) is 94.9 cm³/mol. The number of hydrogen-bond acceptors (Lipinski definition) is 4. The summed E-state index contributed by atoms with van der Waals surface area (Å²) in [5, 5.41) is 3.42. The molecule has 0 atom stereocenters. The summed E-state index contributed by atoms with van der Waals surface area (Å²) < 4.78 is 7.81. The molecule has 6 nitrogen and oxygen atoms in total. The van der Waals surface area contributed by atoms with E-state index in [0.29, 0.717) is 17.3 Å². The number of H-pyrrole nitrogens is 1. The van der Waals surface area contributed by atoms with Crippen LogP contribution in [0.3, 0.4) is 0 Å². The molecule has 2 saturated heterocycles. The second-order valence-corrected chi connectivity index (χ2v) is 8.19. The lowest BCUT2D eigenvalue weighted by Gasteiger charge is -2.54. The normalized spacial score (nSPS) is 24.0. The average molecular weight is 337 g/mol. The molecular weight excluding hydrogens is 314 g/mol. The highest BCUT2D eigenvalue weighted by Crippen LogP contribution is 2.53. The third-order valence-corrected chi connectivity index (χ3v) is 6.60. The molecule has 0 aromatic carbocycles. The van der Waals surface area contributed by atoms with Gasteiger partial charge in [-0.1, -0.05) is 0 Å². The molecule has 3 aromatic rings. The second-order valence-electron chi connectivity index (χ2n) is 8.19. The summed E-state index contributed by atoms with van der Waals surface area (Å²) in [6.45, 7) is 4.09. The van der Waals surface area contributed by atoms with E-state index in [2.05, 4.69) is 32.1 Å². The van der Waals surface area contributed by atoms with Crippen LogP contribution in [0.2, 0.25) is 0 Å². The number of rotatable bonds is 2. The SMILES string of the molecule is c1[nH]c2ncc3nc(C4CC5(CNC5)C4)cn3c2c1C1CCOCC1. The van der Waals surface area contributed by atoms with Gasteiger partial charge in [-0.3, -0.25) is 4.40 Å². The highest BCUT2D eigenvalue weighted by Gasteiger charge is 2.49. The van der Waals surface area contributed by atoms with Crippen molar-refractivity contribution in [2.24, 2.45) is 5.41 Å². The minimum Gasteiger partial charge on any atom is -0.381 e. The molecule has 6 rings (SSSR count). The van der Waals surface area contributed by atoms with Crippen LogP contribution in [0, 0.1) is 5.41 Å². The van der Waals surface area contributed by atoms with E-state index in [4.69, 9.17) is 9.72 Å². The maximum Gasteiger partial charge on any atom is 0.156 e. The smallest absolute Gasteiger partial charge is 0.156 e. The molecule has 0 unspecified atom stereocenters.